The van der Waals surface area contributed by atoms with Gasteiger partial charge in [0.25, 0.3) is 0 Å². The third-order valence-corrected chi connectivity index (χ3v) is 4.07. The van der Waals surface area contributed by atoms with Gasteiger partial charge in [0.1, 0.15) is 0 Å². The van der Waals surface area contributed by atoms with Gasteiger partial charge in [-0.25, -0.2) is 0 Å². The molecule has 4 heteroatoms. The lowest BCUT2D eigenvalue weighted by atomic mass is 10.0. The number of para-hydroxylation sites is 1. The summed E-state index contributed by atoms with van der Waals surface area (Å²) in [6.07, 6.45) is 2.25. The largest absolute Gasteiger partial charge is 0.493 e. The van der Waals surface area contributed by atoms with Gasteiger partial charge in [0, 0.05) is 30.1 Å². The van der Waals surface area contributed by atoms with Crippen molar-refractivity contribution < 1.29 is 14.2 Å². The van der Waals surface area contributed by atoms with Gasteiger partial charge in [-0.3, -0.25) is 0 Å². The maximum absolute atomic E-state index is 5.47. The van der Waals surface area contributed by atoms with Gasteiger partial charge in [-0.1, -0.05) is 18.2 Å². The standard InChI is InChI=1S/C18H21NO3/c1-20-16-11-14(12-17(21-2)18(16)22-3)19-10-6-8-13-7-4-5-9-15(13)19/h4-5,7,9,11-12H,6,8,10H2,1-3H3. The molecule has 22 heavy (non-hydrogen) atoms. The lowest BCUT2D eigenvalue weighted by Crippen LogP contribution is -2.24. The second-order valence-corrected chi connectivity index (χ2v) is 5.27. The van der Waals surface area contributed by atoms with Crippen LogP contribution >= 0.6 is 0 Å². The highest BCUT2D eigenvalue weighted by atomic mass is 16.5. The fourth-order valence-corrected chi connectivity index (χ4v) is 3.02. The van der Waals surface area contributed by atoms with E-state index in [2.05, 4.69) is 29.2 Å². The number of ether oxygens (including phenoxy) is 3. The van der Waals surface area contributed by atoms with Crippen LogP contribution in [-0.4, -0.2) is 27.9 Å². The first kappa shape index (κ1) is 14.6. The molecule has 0 aliphatic carbocycles. The normalized spacial score (nSPS) is 13.5. The van der Waals surface area contributed by atoms with Gasteiger partial charge >= 0.3 is 0 Å². The van der Waals surface area contributed by atoms with E-state index in [1.807, 2.05) is 12.1 Å². The van der Waals surface area contributed by atoms with Crippen molar-refractivity contribution >= 4 is 11.4 Å². The molecule has 0 atom stereocenters. The molecule has 2 aromatic rings. The SMILES string of the molecule is COc1cc(N2CCCc3ccccc32)cc(OC)c1OC. The van der Waals surface area contributed by atoms with Crippen LogP contribution in [0.15, 0.2) is 36.4 Å². The van der Waals surface area contributed by atoms with Gasteiger partial charge in [0.15, 0.2) is 11.5 Å². The fraction of sp³-hybridized carbons (Fsp3) is 0.333. The number of nitrogens with zero attached hydrogens (tertiary/aromatic N) is 1. The van der Waals surface area contributed by atoms with Gasteiger partial charge in [0.2, 0.25) is 5.75 Å². The molecule has 3 rings (SSSR count). The Kier molecular flexibility index (Phi) is 4.09. The predicted octanol–water partition coefficient (Wildman–Crippen LogP) is 3.80. The van der Waals surface area contributed by atoms with E-state index in [1.165, 1.54) is 11.3 Å². The zero-order valence-electron chi connectivity index (χ0n) is 13.3. The first-order valence-corrected chi connectivity index (χ1v) is 7.44. The Morgan fingerprint density at radius 1 is 0.909 bits per heavy atom. The van der Waals surface area contributed by atoms with Crippen LogP contribution < -0.4 is 19.1 Å². The van der Waals surface area contributed by atoms with E-state index >= 15 is 0 Å². The molecule has 0 unspecified atom stereocenters. The number of hydrogen-bond acceptors (Lipinski definition) is 4. The maximum Gasteiger partial charge on any atom is 0.203 e. The molecule has 1 aliphatic heterocycles. The van der Waals surface area contributed by atoms with Crippen molar-refractivity contribution in [3.63, 3.8) is 0 Å². The lowest BCUT2D eigenvalue weighted by molar-refractivity contribution is 0.324. The van der Waals surface area contributed by atoms with Crippen LogP contribution in [0.5, 0.6) is 17.2 Å². The van der Waals surface area contributed by atoms with E-state index < -0.39 is 0 Å². The molecule has 0 amide bonds. The monoisotopic (exact) mass is 299 g/mol. The molecule has 0 spiro atoms. The first-order chi connectivity index (χ1) is 10.8. The molecule has 2 aromatic carbocycles. The lowest BCUT2D eigenvalue weighted by Gasteiger charge is -2.32. The molecule has 0 saturated heterocycles. The van der Waals surface area contributed by atoms with E-state index in [0.717, 1.165) is 25.1 Å². The van der Waals surface area contributed by atoms with E-state index in [0.29, 0.717) is 17.2 Å². The van der Waals surface area contributed by atoms with Crippen LogP contribution in [-0.2, 0) is 6.42 Å². The third-order valence-electron chi connectivity index (χ3n) is 4.07. The Morgan fingerprint density at radius 2 is 1.59 bits per heavy atom. The number of hydrogen-bond donors (Lipinski definition) is 0. The topological polar surface area (TPSA) is 30.9 Å². The van der Waals surface area contributed by atoms with Gasteiger partial charge in [-0.05, 0) is 24.5 Å². The molecule has 0 radical (unpaired) electrons. The second kappa shape index (κ2) is 6.18. The smallest absolute Gasteiger partial charge is 0.203 e. The van der Waals surface area contributed by atoms with Crippen LogP contribution in [0.1, 0.15) is 12.0 Å². The van der Waals surface area contributed by atoms with Gasteiger partial charge in [-0.15, -0.1) is 0 Å². The van der Waals surface area contributed by atoms with E-state index in [-0.39, 0.29) is 0 Å². The van der Waals surface area contributed by atoms with Crippen molar-refractivity contribution in [2.75, 3.05) is 32.8 Å². The van der Waals surface area contributed by atoms with Crippen molar-refractivity contribution in [2.24, 2.45) is 0 Å². The van der Waals surface area contributed by atoms with Gasteiger partial charge in [0.05, 0.1) is 21.3 Å². The zero-order valence-corrected chi connectivity index (χ0v) is 13.3. The summed E-state index contributed by atoms with van der Waals surface area (Å²) in [5.74, 6) is 1.99. The van der Waals surface area contributed by atoms with Crippen molar-refractivity contribution in [3.05, 3.63) is 42.0 Å². The number of rotatable bonds is 4. The molecular formula is C18H21NO3. The highest BCUT2D eigenvalue weighted by Crippen LogP contribution is 2.43. The zero-order chi connectivity index (χ0) is 15.5. The maximum atomic E-state index is 5.47. The summed E-state index contributed by atoms with van der Waals surface area (Å²) in [5, 5.41) is 0. The highest BCUT2D eigenvalue weighted by molar-refractivity contribution is 5.72. The Morgan fingerprint density at radius 3 is 2.23 bits per heavy atom. The summed E-state index contributed by atoms with van der Waals surface area (Å²) >= 11 is 0. The number of fused-ring (bicyclic) bond motifs is 1. The summed E-state index contributed by atoms with van der Waals surface area (Å²) in [7, 11) is 4.91. The summed E-state index contributed by atoms with van der Waals surface area (Å²) in [4.78, 5) is 2.31. The van der Waals surface area contributed by atoms with Crippen LogP contribution in [0.4, 0.5) is 11.4 Å². The summed E-state index contributed by atoms with van der Waals surface area (Å²) in [6.45, 7) is 0.982. The van der Waals surface area contributed by atoms with Gasteiger partial charge < -0.3 is 19.1 Å². The van der Waals surface area contributed by atoms with Crippen LogP contribution in [0.3, 0.4) is 0 Å². The Bertz CT molecular complexity index is 644. The van der Waals surface area contributed by atoms with Crippen LogP contribution in [0, 0.1) is 0 Å². The first-order valence-electron chi connectivity index (χ1n) is 7.44. The number of aryl methyl sites for hydroxylation is 1. The molecule has 0 bridgehead atoms. The van der Waals surface area contributed by atoms with Crippen LogP contribution in [0.2, 0.25) is 0 Å². The number of methoxy groups -OCH3 is 3. The number of benzene rings is 2. The van der Waals surface area contributed by atoms with Crippen molar-refractivity contribution in [3.8, 4) is 17.2 Å². The van der Waals surface area contributed by atoms with Crippen molar-refractivity contribution in [1.29, 1.82) is 0 Å². The quantitative estimate of drug-likeness (QED) is 0.859. The summed E-state index contributed by atoms with van der Waals surface area (Å²) in [5.41, 5.74) is 3.69. The van der Waals surface area contributed by atoms with E-state index in [9.17, 15) is 0 Å². The second-order valence-electron chi connectivity index (χ2n) is 5.27. The molecule has 4 nitrogen and oxygen atoms in total. The molecule has 1 heterocycles. The molecule has 0 N–H and O–H groups in total. The molecule has 0 aromatic heterocycles. The molecule has 116 valence electrons. The Hall–Kier alpha value is -2.36. The predicted molar refractivity (Wildman–Crippen MR) is 87.9 cm³/mol. The average Bonchev–Trinajstić information content (AvgIpc) is 2.59. The molecule has 0 saturated carbocycles. The number of anilines is 2. The van der Waals surface area contributed by atoms with Crippen LogP contribution in [0.25, 0.3) is 0 Å². The summed E-state index contributed by atoms with van der Waals surface area (Å²) in [6, 6.07) is 12.5. The molecule has 0 fully saturated rings. The molecule has 1 aliphatic rings. The fourth-order valence-electron chi connectivity index (χ4n) is 3.02. The average molecular weight is 299 g/mol. The Balaban J connectivity index is 2.10. The van der Waals surface area contributed by atoms with Crippen molar-refractivity contribution in [1.82, 2.24) is 0 Å². The van der Waals surface area contributed by atoms with E-state index in [1.54, 1.807) is 21.3 Å². The van der Waals surface area contributed by atoms with Gasteiger partial charge in [-0.2, -0.15) is 0 Å². The highest BCUT2D eigenvalue weighted by Gasteiger charge is 2.21. The van der Waals surface area contributed by atoms with E-state index in [4.69, 9.17) is 14.2 Å². The third kappa shape index (κ3) is 2.45. The minimum Gasteiger partial charge on any atom is -0.493 e. The minimum atomic E-state index is 0.624. The summed E-state index contributed by atoms with van der Waals surface area (Å²) < 4.78 is 16.3. The minimum absolute atomic E-state index is 0.624. The Labute approximate surface area is 131 Å². The molecular weight excluding hydrogens is 278 g/mol. The van der Waals surface area contributed by atoms with Crippen molar-refractivity contribution in [2.45, 2.75) is 12.8 Å².